The zero-order valence-corrected chi connectivity index (χ0v) is 16.1. The van der Waals surface area contributed by atoms with Crippen LogP contribution in [0, 0.1) is 20.8 Å². The molecule has 3 aromatic rings. The van der Waals surface area contributed by atoms with Crippen molar-refractivity contribution in [1.29, 1.82) is 0 Å². The Bertz CT molecular complexity index is 919. The molecule has 0 spiro atoms. The molecular formula is C18H20N4OS2. The van der Waals surface area contributed by atoms with Crippen molar-refractivity contribution in [2.24, 2.45) is 0 Å². The summed E-state index contributed by atoms with van der Waals surface area (Å²) in [6.07, 6.45) is 0. The van der Waals surface area contributed by atoms with E-state index < -0.39 is 0 Å². The summed E-state index contributed by atoms with van der Waals surface area (Å²) in [5, 5.41) is 4.37. The minimum atomic E-state index is -0.0496. The van der Waals surface area contributed by atoms with E-state index in [1.807, 2.05) is 45.0 Å². The Kier molecular flexibility index (Phi) is 5.24. The maximum atomic E-state index is 12.0. The summed E-state index contributed by atoms with van der Waals surface area (Å²) in [4.78, 5) is 23.0. The largest absolute Gasteiger partial charge is 0.383 e. The number of aromatic nitrogens is 2. The number of anilines is 1. The lowest BCUT2D eigenvalue weighted by Gasteiger charge is -2.06. The number of benzene rings is 1. The van der Waals surface area contributed by atoms with Crippen molar-refractivity contribution in [3.8, 4) is 0 Å². The number of nitrogens with two attached hydrogens (primary N) is 1. The van der Waals surface area contributed by atoms with Crippen LogP contribution >= 0.6 is 23.1 Å². The van der Waals surface area contributed by atoms with Gasteiger partial charge in [0, 0.05) is 11.4 Å². The third kappa shape index (κ3) is 4.11. The first-order valence-corrected chi connectivity index (χ1v) is 9.72. The first-order chi connectivity index (χ1) is 11.9. The maximum absolute atomic E-state index is 12.0. The average molecular weight is 373 g/mol. The van der Waals surface area contributed by atoms with Crippen LogP contribution in [0.5, 0.6) is 0 Å². The lowest BCUT2D eigenvalue weighted by atomic mass is 10.1. The van der Waals surface area contributed by atoms with Gasteiger partial charge in [0.1, 0.15) is 10.6 Å². The van der Waals surface area contributed by atoms with Crippen LogP contribution in [-0.2, 0) is 11.3 Å². The van der Waals surface area contributed by atoms with Crippen molar-refractivity contribution in [2.75, 3.05) is 11.5 Å². The predicted octanol–water partition coefficient (Wildman–Crippen LogP) is 3.61. The summed E-state index contributed by atoms with van der Waals surface area (Å²) in [6, 6.07) is 8.10. The normalized spacial score (nSPS) is 11.0. The van der Waals surface area contributed by atoms with Gasteiger partial charge in [-0.05, 0) is 31.9 Å². The van der Waals surface area contributed by atoms with Crippen LogP contribution in [0.2, 0.25) is 0 Å². The van der Waals surface area contributed by atoms with E-state index >= 15 is 0 Å². The topological polar surface area (TPSA) is 80.9 Å². The molecule has 0 radical (unpaired) electrons. The molecule has 3 N–H and O–H groups in total. The van der Waals surface area contributed by atoms with Crippen LogP contribution in [0.25, 0.3) is 10.2 Å². The average Bonchev–Trinajstić information content (AvgIpc) is 2.87. The molecule has 0 fully saturated rings. The highest BCUT2D eigenvalue weighted by atomic mass is 32.2. The summed E-state index contributed by atoms with van der Waals surface area (Å²) in [5.41, 5.74) is 9.48. The number of fused-ring (bicyclic) bond motifs is 1. The van der Waals surface area contributed by atoms with Gasteiger partial charge in [-0.25, -0.2) is 9.97 Å². The number of hydrogen-bond donors (Lipinski definition) is 2. The number of thioether (sulfide) groups is 1. The van der Waals surface area contributed by atoms with Gasteiger partial charge in [-0.3, -0.25) is 4.79 Å². The SMILES string of the molecule is Cc1ccc(CNC(=O)CSc2nc(N)c3c(C)c(C)sc3n2)cc1. The second-order valence-corrected chi connectivity index (χ2v) is 8.05. The number of nitrogen functional groups attached to an aromatic ring is 1. The number of amides is 1. The van der Waals surface area contributed by atoms with Crippen LogP contribution in [0.15, 0.2) is 29.4 Å². The number of carbonyl (C=O) groups is 1. The van der Waals surface area contributed by atoms with Crippen molar-refractivity contribution in [3.05, 3.63) is 45.8 Å². The van der Waals surface area contributed by atoms with Crippen LogP contribution in [-0.4, -0.2) is 21.6 Å². The highest BCUT2D eigenvalue weighted by Gasteiger charge is 2.13. The Labute approximate surface area is 155 Å². The molecule has 0 unspecified atom stereocenters. The van der Waals surface area contributed by atoms with Gasteiger partial charge in [-0.1, -0.05) is 41.6 Å². The molecule has 1 amide bonds. The minimum absolute atomic E-state index is 0.0496. The molecule has 0 saturated heterocycles. The zero-order valence-electron chi connectivity index (χ0n) is 14.4. The number of nitrogens with one attached hydrogen (secondary N) is 1. The molecule has 2 heterocycles. The van der Waals surface area contributed by atoms with E-state index in [0.717, 1.165) is 21.3 Å². The molecule has 25 heavy (non-hydrogen) atoms. The van der Waals surface area contributed by atoms with Crippen molar-refractivity contribution in [1.82, 2.24) is 15.3 Å². The van der Waals surface area contributed by atoms with E-state index in [1.165, 1.54) is 22.2 Å². The number of carbonyl (C=O) groups excluding carboxylic acids is 1. The molecule has 2 aromatic heterocycles. The lowest BCUT2D eigenvalue weighted by molar-refractivity contribution is -0.118. The van der Waals surface area contributed by atoms with Gasteiger partial charge in [0.25, 0.3) is 0 Å². The van der Waals surface area contributed by atoms with E-state index in [0.29, 0.717) is 17.5 Å². The Morgan fingerprint density at radius 3 is 2.64 bits per heavy atom. The minimum Gasteiger partial charge on any atom is -0.383 e. The monoisotopic (exact) mass is 372 g/mol. The van der Waals surface area contributed by atoms with Gasteiger partial charge >= 0.3 is 0 Å². The number of hydrogen-bond acceptors (Lipinski definition) is 6. The zero-order chi connectivity index (χ0) is 18.0. The van der Waals surface area contributed by atoms with Crippen LogP contribution < -0.4 is 11.1 Å². The fourth-order valence-corrected chi connectivity index (χ4v) is 4.19. The van der Waals surface area contributed by atoms with Gasteiger partial charge in [0.2, 0.25) is 5.91 Å². The van der Waals surface area contributed by atoms with Crippen LogP contribution in [0.4, 0.5) is 5.82 Å². The fourth-order valence-electron chi connectivity index (χ4n) is 2.41. The molecule has 0 saturated carbocycles. The van der Waals surface area contributed by atoms with Crippen molar-refractivity contribution in [3.63, 3.8) is 0 Å². The van der Waals surface area contributed by atoms with E-state index in [2.05, 4.69) is 15.3 Å². The first kappa shape index (κ1) is 17.7. The molecule has 3 rings (SSSR count). The summed E-state index contributed by atoms with van der Waals surface area (Å²) in [7, 11) is 0. The Morgan fingerprint density at radius 1 is 1.20 bits per heavy atom. The highest BCUT2D eigenvalue weighted by molar-refractivity contribution is 7.99. The van der Waals surface area contributed by atoms with E-state index in [9.17, 15) is 4.79 Å². The maximum Gasteiger partial charge on any atom is 0.230 e. The Balaban J connectivity index is 1.60. The van der Waals surface area contributed by atoms with Crippen LogP contribution in [0.3, 0.4) is 0 Å². The Morgan fingerprint density at radius 2 is 1.92 bits per heavy atom. The van der Waals surface area contributed by atoms with Crippen molar-refractivity contribution < 1.29 is 4.79 Å². The summed E-state index contributed by atoms with van der Waals surface area (Å²) < 4.78 is 0. The summed E-state index contributed by atoms with van der Waals surface area (Å²) >= 11 is 2.91. The standard InChI is InChI=1S/C18H20N4OS2/c1-10-4-6-13(7-5-10)8-20-14(23)9-24-18-21-16(19)15-11(2)12(3)25-17(15)22-18/h4-7H,8-9H2,1-3H3,(H,20,23)(H2,19,21,22). The number of thiophene rings is 1. The smallest absolute Gasteiger partial charge is 0.230 e. The van der Waals surface area contributed by atoms with Gasteiger partial charge in [0.15, 0.2) is 5.16 Å². The fraction of sp³-hybridized carbons (Fsp3) is 0.278. The molecule has 0 aliphatic rings. The second-order valence-electron chi connectivity index (χ2n) is 5.91. The van der Waals surface area contributed by atoms with Gasteiger partial charge in [0.05, 0.1) is 11.1 Å². The quantitative estimate of drug-likeness (QED) is 0.528. The predicted molar refractivity (Wildman–Crippen MR) is 105 cm³/mol. The number of rotatable bonds is 5. The number of nitrogens with zero attached hydrogens (tertiary/aromatic N) is 2. The molecule has 130 valence electrons. The molecule has 0 aliphatic carbocycles. The molecule has 5 nitrogen and oxygen atoms in total. The van der Waals surface area contributed by atoms with E-state index in [-0.39, 0.29) is 11.7 Å². The molecule has 7 heteroatoms. The van der Waals surface area contributed by atoms with Gasteiger partial charge < -0.3 is 11.1 Å². The summed E-state index contributed by atoms with van der Waals surface area (Å²) in [5.74, 6) is 0.695. The van der Waals surface area contributed by atoms with Crippen molar-refractivity contribution in [2.45, 2.75) is 32.5 Å². The molecule has 0 atom stereocenters. The molecular weight excluding hydrogens is 352 g/mol. The van der Waals surface area contributed by atoms with Gasteiger partial charge in [-0.15, -0.1) is 11.3 Å². The third-order valence-corrected chi connectivity index (χ3v) is 5.93. The van der Waals surface area contributed by atoms with E-state index in [4.69, 9.17) is 5.73 Å². The second kappa shape index (κ2) is 7.41. The molecule has 0 bridgehead atoms. The van der Waals surface area contributed by atoms with E-state index in [1.54, 1.807) is 11.3 Å². The van der Waals surface area contributed by atoms with Gasteiger partial charge in [-0.2, -0.15) is 0 Å². The molecule has 1 aromatic carbocycles. The highest BCUT2D eigenvalue weighted by Crippen LogP contribution is 2.33. The number of aryl methyl sites for hydroxylation is 3. The lowest BCUT2D eigenvalue weighted by Crippen LogP contribution is -2.24. The van der Waals surface area contributed by atoms with Crippen LogP contribution in [0.1, 0.15) is 21.6 Å². The Hall–Kier alpha value is -2.12. The van der Waals surface area contributed by atoms with Crippen molar-refractivity contribution >= 4 is 45.0 Å². The third-order valence-electron chi connectivity index (χ3n) is 3.98. The first-order valence-electron chi connectivity index (χ1n) is 7.92. The summed E-state index contributed by atoms with van der Waals surface area (Å²) in [6.45, 7) is 6.63. The molecule has 0 aliphatic heterocycles.